The topological polar surface area (TPSA) is 30.2 Å². The van der Waals surface area contributed by atoms with Crippen LogP contribution in [-0.2, 0) is 6.42 Å². The number of fused-ring (bicyclic) bond motifs is 1. The molecule has 0 spiro atoms. The summed E-state index contributed by atoms with van der Waals surface area (Å²) in [6, 6.07) is 2.10. The summed E-state index contributed by atoms with van der Waals surface area (Å²) >= 11 is 3.64. The van der Waals surface area contributed by atoms with E-state index < -0.39 is 0 Å². The van der Waals surface area contributed by atoms with Gasteiger partial charge in [-0.05, 0) is 46.0 Å². The van der Waals surface area contributed by atoms with Gasteiger partial charge in [0.15, 0.2) is 11.5 Å². The molecular weight excluding hydrogens is 266 g/mol. The molecule has 0 fully saturated rings. The molecule has 16 heavy (non-hydrogen) atoms. The minimum Gasteiger partial charge on any atom is -0.212 e. The first-order valence-electron chi connectivity index (χ1n) is 5.59. The lowest BCUT2D eigenvalue weighted by molar-refractivity contribution is 0.799. The number of aromatic nitrogens is 3. The summed E-state index contributed by atoms with van der Waals surface area (Å²) < 4.78 is 2.92. The molecule has 0 radical (unpaired) electrons. The highest BCUT2D eigenvalue weighted by Crippen LogP contribution is 2.28. The van der Waals surface area contributed by atoms with Crippen LogP contribution in [0.3, 0.4) is 0 Å². The summed E-state index contributed by atoms with van der Waals surface area (Å²) in [7, 11) is 0. The fourth-order valence-corrected chi connectivity index (χ4v) is 3.03. The van der Waals surface area contributed by atoms with Crippen molar-refractivity contribution >= 4 is 21.6 Å². The van der Waals surface area contributed by atoms with E-state index in [1.165, 1.54) is 11.1 Å². The lowest BCUT2D eigenvalue weighted by Crippen LogP contribution is -2.01. The predicted molar refractivity (Wildman–Crippen MR) is 68.9 cm³/mol. The van der Waals surface area contributed by atoms with Gasteiger partial charge in [0, 0.05) is 6.42 Å². The van der Waals surface area contributed by atoms with Crippen LogP contribution in [-0.4, -0.2) is 14.6 Å². The van der Waals surface area contributed by atoms with E-state index in [0.717, 1.165) is 22.5 Å². The first-order valence-corrected chi connectivity index (χ1v) is 6.38. The second kappa shape index (κ2) is 4.17. The number of pyridine rings is 1. The zero-order valence-electron chi connectivity index (χ0n) is 10.1. The second-order valence-corrected chi connectivity index (χ2v) is 5.09. The molecule has 4 heteroatoms. The Balaban J connectivity index is 2.76. The average Bonchev–Trinajstić information content (AvgIpc) is 2.60. The van der Waals surface area contributed by atoms with E-state index >= 15 is 0 Å². The molecule has 0 atom stereocenters. The SMILES string of the molecule is CCc1nc2cc(C)c(C(C)C)c(Br)n2n1. The number of rotatable bonds is 2. The van der Waals surface area contributed by atoms with Crippen LogP contribution in [0.2, 0.25) is 0 Å². The van der Waals surface area contributed by atoms with Gasteiger partial charge in [-0.3, -0.25) is 0 Å². The third-order valence-corrected chi connectivity index (χ3v) is 3.51. The van der Waals surface area contributed by atoms with Crippen molar-refractivity contribution in [2.24, 2.45) is 0 Å². The summed E-state index contributed by atoms with van der Waals surface area (Å²) in [6.45, 7) is 8.58. The molecule has 0 bridgehead atoms. The minimum atomic E-state index is 0.480. The molecule has 2 heterocycles. The van der Waals surface area contributed by atoms with Crippen molar-refractivity contribution in [2.75, 3.05) is 0 Å². The molecule has 86 valence electrons. The van der Waals surface area contributed by atoms with Crippen molar-refractivity contribution in [3.8, 4) is 0 Å². The highest BCUT2D eigenvalue weighted by Gasteiger charge is 2.14. The van der Waals surface area contributed by atoms with Crippen LogP contribution in [0.25, 0.3) is 5.65 Å². The van der Waals surface area contributed by atoms with Crippen LogP contribution in [0, 0.1) is 6.92 Å². The third kappa shape index (κ3) is 1.75. The zero-order chi connectivity index (χ0) is 11.9. The summed E-state index contributed by atoms with van der Waals surface area (Å²) in [5.74, 6) is 1.37. The van der Waals surface area contributed by atoms with Gasteiger partial charge in [0.25, 0.3) is 0 Å². The highest BCUT2D eigenvalue weighted by molar-refractivity contribution is 9.10. The van der Waals surface area contributed by atoms with Crippen LogP contribution >= 0.6 is 15.9 Å². The van der Waals surface area contributed by atoms with Crippen LogP contribution in [0.4, 0.5) is 0 Å². The van der Waals surface area contributed by atoms with E-state index in [1.807, 2.05) is 4.52 Å². The zero-order valence-corrected chi connectivity index (χ0v) is 11.7. The van der Waals surface area contributed by atoms with E-state index in [0.29, 0.717) is 5.92 Å². The molecule has 0 aliphatic heterocycles. The van der Waals surface area contributed by atoms with E-state index in [2.05, 4.69) is 59.8 Å². The Labute approximate surface area is 104 Å². The molecule has 0 aliphatic rings. The molecule has 0 saturated heterocycles. The summed E-state index contributed by atoms with van der Waals surface area (Å²) in [5, 5.41) is 4.47. The molecule has 0 N–H and O–H groups in total. The summed E-state index contributed by atoms with van der Waals surface area (Å²) in [4.78, 5) is 4.48. The number of hydrogen-bond acceptors (Lipinski definition) is 2. The Morgan fingerprint density at radius 1 is 1.44 bits per heavy atom. The Hall–Kier alpha value is -0.900. The maximum absolute atomic E-state index is 4.48. The quantitative estimate of drug-likeness (QED) is 0.789. The third-order valence-electron chi connectivity index (χ3n) is 2.75. The molecule has 0 aromatic carbocycles. The fourth-order valence-electron chi connectivity index (χ4n) is 2.00. The molecular formula is C12H16BrN3. The molecule has 0 unspecified atom stereocenters. The Morgan fingerprint density at radius 3 is 2.69 bits per heavy atom. The van der Waals surface area contributed by atoms with Gasteiger partial charge in [-0.2, -0.15) is 5.10 Å². The Bertz CT molecular complexity index is 529. The standard InChI is InChI=1S/C12H16BrN3/c1-5-9-14-10-6-8(4)11(7(2)3)12(13)16(10)15-9/h6-7H,5H2,1-4H3. The minimum absolute atomic E-state index is 0.480. The van der Waals surface area contributed by atoms with E-state index in [9.17, 15) is 0 Å². The normalized spacial score (nSPS) is 11.6. The van der Waals surface area contributed by atoms with Gasteiger partial charge in [0.2, 0.25) is 0 Å². The number of halogens is 1. The monoisotopic (exact) mass is 281 g/mol. The van der Waals surface area contributed by atoms with Crippen molar-refractivity contribution in [1.29, 1.82) is 0 Å². The number of aryl methyl sites for hydroxylation is 2. The molecule has 2 aromatic rings. The predicted octanol–water partition coefficient (Wildman–Crippen LogP) is 3.49. The van der Waals surface area contributed by atoms with Gasteiger partial charge in [-0.1, -0.05) is 20.8 Å². The van der Waals surface area contributed by atoms with E-state index in [-0.39, 0.29) is 0 Å². The van der Waals surface area contributed by atoms with Crippen LogP contribution < -0.4 is 0 Å². The van der Waals surface area contributed by atoms with Gasteiger partial charge in [0.05, 0.1) is 0 Å². The fraction of sp³-hybridized carbons (Fsp3) is 0.500. The first kappa shape index (κ1) is 11.6. The van der Waals surface area contributed by atoms with Gasteiger partial charge < -0.3 is 0 Å². The van der Waals surface area contributed by atoms with Crippen molar-refractivity contribution in [2.45, 2.75) is 40.0 Å². The number of nitrogens with zero attached hydrogens (tertiary/aromatic N) is 3. The largest absolute Gasteiger partial charge is 0.212 e. The van der Waals surface area contributed by atoms with Crippen molar-refractivity contribution in [1.82, 2.24) is 14.6 Å². The summed E-state index contributed by atoms with van der Waals surface area (Å²) in [5.41, 5.74) is 3.50. The smallest absolute Gasteiger partial charge is 0.157 e. The maximum Gasteiger partial charge on any atom is 0.157 e. The maximum atomic E-state index is 4.48. The van der Waals surface area contributed by atoms with Gasteiger partial charge in [-0.25, -0.2) is 9.50 Å². The van der Waals surface area contributed by atoms with Gasteiger partial charge in [0.1, 0.15) is 4.60 Å². The molecule has 2 aromatic heterocycles. The lowest BCUT2D eigenvalue weighted by Gasteiger charge is -2.12. The van der Waals surface area contributed by atoms with Crippen molar-refractivity contribution in [3.63, 3.8) is 0 Å². The van der Waals surface area contributed by atoms with Gasteiger partial charge in [-0.15, -0.1) is 0 Å². The van der Waals surface area contributed by atoms with Crippen molar-refractivity contribution in [3.05, 3.63) is 27.6 Å². The second-order valence-electron chi connectivity index (χ2n) is 4.34. The highest BCUT2D eigenvalue weighted by atomic mass is 79.9. The first-order chi connectivity index (χ1) is 7.54. The molecule has 0 amide bonds. The summed E-state index contributed by atoms with van der Waals surface area (Å²) in [6.07, 6.45) is 0.865. The van der Waals surface area contributed by atoms with Crippen LogP contribution in [0.1, 0.15) is 43.6 Å². The number of hydrogen-bond donors (Lipinski definition) is 0. The molecule has 0 saturated carbocycles. The average molecular weight is 282 g/mol. The van der Waals surface area contributed by atoms with Crippen molar-refractivity contribution < 1.29 is 0 Å². The molecule has 2 rings (SSSR count). The lowest BCUT2D eigenvalue weighted by atomic mass is 10.0. The van der Waals surface area contributed by atoms with Gasteiger partial charge >= 0.3 is 0 Å². The van der Waals surface area contributed by atoms with Crippen LogP contribution in [0.15, 0.2) is 10.7 Å². The Kier molecular flexibility index (Phi) is 3.02. The van der Waals surface area contributed by atoms with Crippen LogP contribution in [0.5, 0.6) is 0 Å². The molecule has 3 nitrogen and oxygen atoms in total. The Morgan fingerprint density at radius 2 is 2.12 bits per heavy atom. The van der Waals surface area contributed by atoms with E-state index in [1.54, 1.807) is 0 Å². The van der Waals surface area contributed by atoms with E-state index in [4.69, 9.17) is 0 Å². The molecule has 0 aliphatic carbocycles.